The molecule has 1 amide bonds. The summed E-state index contributed by atoms with van der Waals surface area (Å²) in [6.45, 7) is 1.93. The highest BCUT2D eigenvalue weighted by Gasteiger charge is 2.21. The van der Waals surface area contributed by atoms with Crippen LogP contribution >= 0.6 is 0 Å². The van der Waals surface area contributed by atoms with Crippen molar-refractivity contribution in [2.24, 2.45) is 0 Å². The van der Waals surface area contributed by atoms with Crippen LogP contribution in [0.25, 0.3) is 0 Å². The van der Waals surface area contributed by atoms with Gasteiger partial charge in [0.1, 0.15) is 11.5 Å². The lowest BCUT2D eigenvalue weighted by atomic mass is 9.95. The van der Waals surface area contributed by atoms with Gasteiger partial charge in [-0.15, -0.1) is 0 Å². The number of carbonyl (C=O) groups is 1. The Bertz CT molecular complexity index is 863. The van der Waals surface area contributed by atoms with Crippen LogP contribution in [0.2, 0.25) is 0 Å². The van der Waals surface area contributed by atoms with Gasteiger partial charge in [0.05, 0.1) is 5.75 Å². The summed E-state index contributed by atoms with van der Waals surface area (Å²) in [6.07, 6.45) is 5.46. The molecule has 0 atom stereocenters. The predicted octanol–water partition coefficient (Wildman–Crippen LogP) is 3.77. The number of rotatable bonds is 6. The lowest BCUT2D eigenvalue weighted by Gasteiger charge is -2.22. The number of carbonyl (C=O) groups excluding carboxylic acids is 1. The Hall–Kier alpha value is -2.08. The summed E-state index contributed by atoms with van der Waals surface area (Å²) in [5.41, 5.74) is 1.78. The zero-order valence-electron chi connectivity index (χ0n) is 15.0. The number of hydrogen-bond donors (Lipinski definition) is 1. The van der Waals surface area contributed by atoms with E-state index in [0.717, 1.165) is 36.8 Å². The second-order valence-electron chi connectivity index (χ2n) is 7.10. The maximum Gasteiger partial charge on any atom is 0.287 e. The first-order valence-electron chi connectivity index (χ1n) is 9.07. The van der Waals surface area contributed by atoms with Crippen LogP contribution in [0.5, 0.6) is 0 Å². The molecule has 1 aromatic carbocycles. The van der Waals surface area contributed by atoms with Crippen LogP contribution in [0, 0.1) is 6.92 Å². The largest absolute Gasteiger partial charge is 0.455 e. The smallest absolute Gasteiger partial charge is 0.287 e. The fraction of sp³-hybridized carbons (Fsp3) is 0.450. The molecule has 0 saturated heterocycles. The van der Waals surface area contributed by atoms with E-state index in [1.807, 2.05) is 25.1 Å². The van der Waals surface area contributed by atoms with E-state index in [0.29, 0.717) is 5.76 Å². The predicted molar refractivity (Wildman–Crippen MR) is 101 cm³/mol. The first-order valence-corrected chi connectivity index (χ1v) is 10.9. The third-order valence-electron chi connectivity index (χ3n) is 4.66. The van der Waals surface area contributed by atoms with Crippen molar-refractivity contribution in [2.75, 3.05) is 0 Å². The topological polar surface area (TPSA) is 76.4 Å². The molecule has 1 heterocycles. The van der Waals surface area contributed by atoms with Gasteiger partial charge in [-0.3, -0.25) is 4.79 Å². The molecular formula is C20H25NO4S. The molecule has 3 rings (SSSR count). The second kappa shape index (κ2) is 8.08. The highest BCUT2D eigenvalue weighted by atomic mass is 32.2. The van der Waals surface area contributed by atoms with E-state index in [1.165, 1.54) is 6.42 Å². The lowest BCUT2D eigenvalue weighted by Crippen LogP contribution is -2.35. The van der Waals surface area contributed by atoms with Gasteiger partial charge >= 0.3 is 0 Å². The van der Waals surface area contributed by atoms with Gasteiger partial charge in [0, 0.05) is 6.04 Å². The Kier molecular flexibility index (Phi) is 5.81. The summed E-state index contributed by atoms with van der Waals surface area (Å²) in [5, 5.41) is 2.98. The Labute approximate surface area is 154 Å². The minimum Gasteiger partial charge on any atom is -0.455 e. The van der Waals surface area contributed by atoms with Crippen LogP contribution in [0.1, 0.15) is 59.5 Å². The second-order valence-corrected chi connectivity index (χ2v) is 9.16. The molecule has 2 aromatic rings. The summed E-state index contributed by atoms with van der Waals surface area (Å²) in [7, 11) is -3.37. The van der Waals surface area contributed by atoms with Crippen LogP contribution in [-0.2, 0) is 21.3 Å². The summed E-state index contributed by atoms with van der Waals surface area (Å²) < 4.78 is 30.3. The lowest BCUT2D eigenvalue weighted by molar-refractivity contribution is 0.0898. The van der Waals surface area contributed by atoms with Crippen molar-refractivity contribution in [3.05, 3.63) is 59.0 Å². The molecule has 1 aliphatic rings. The van der Waals surface area contributed by atoms with Gasteiger partial charge in [-0.05, 0) is 37.5 Å². The Morgan fingerprint density at radius 3 is 2.62 bits per heavy atom. The van der Waals surface area contributed by atoms with E-state index >= 15 is 0 Å². The summed E-state index contributed by atoms with van der Waals surface area (Å²) in [4.78, 5) is 12.3. The minimum atomic E-state index is -3.37. The molecule has 1 fully saturated rings. The fourth-order valence-corrected chi connectivity index (χ4v) is 4.78. The molecule has 0 aliphatic heterocycles. The zero-order chi connectivity index (χ0) is 18.6. The molecule has 0 unspecified atom stereocenters. The first-order chi connectivity index (χ1) is 12.4. The van der Waals surface area contributed by atoms with Crippen LogP contribution in [0.15, 0.2) is 40.8 Å². The quantitative estimate of drug-likeness (QED) is 0.834. The first kappa shape index (κ1) is 18.7. The summed E-state index contributed by atoms with van der Waals surface area (Å²) in [5.74, 6) is -0.0431. The highest BCUT2D eigenvalue weighted by Crippen LogP contribution is 2.19. The average molecular weight is 375 g/mol. The Morgan fingerprint density at radius 1 is 1.12 bits per heavy atom. The SMILES string of the molecule is Cc1cccc(CS(=O)(=O)Cc2ccc(C(=O)NC3CCCCC3)o2)c1. The monoisotopic (exact) mass is 375 g/mol. The highest BCUT2D eigenvalue weighted by molar-refractivity contribution is 7.89. The molecule has 1 aliphatic carbocycles. The normalized spacial score (nSPS) is 15.7. The van der Waals surface area contributed by atoms with Crippen molar-refractivity contribution in [1.82, 2.24) is 5.32 Å². The molecule has 1 saturated carbocycles. The fourth-order valence-electron chi connectivity index (χ4n) is 3.40. The van der Waals surface area contributed by atoms with Gasteiger partial charge in [-0.25, -0.2) is 8.42 Å². The Balaban J connectivity index is 1.61. The third-order valence-corrected chi connectivity index (χ3v) is 6.15. The van der Waals surface area contributed by atoms with Gasteiger partial charge in [-0.2, -0.15) is 0 Å². The van der Waals surface area contributed by atoms with Crippen molar-refractivity contribution >= 4 is 15.7 Å². The van der Waals surface area contributed by atoms with E-state index in [1.54, 1.807) is 18.2 Å². The molecular weight excluding hydrogens is 350 g/mol. The number of hydrogen-bond acceptors (Lipinski definition) is 4. The molecule has 26 heavy (non-hydrogen) atoms. The molecule has 1 N–H and O–H groups in total. The maximum atomic E-state index is 12.4. The summed E-state index contributed by atoms with van der Waals surface area (Å²) in [6, 6.07) is 10.8. The van der Waals surface area contributed by atoms with Crippen LogP contribution < -0.4 is 5.32 Å². The van der Waals surface area contributed by atoms with Crippen molar-refractivity contribution in [1.29, 1.82) is 0 Å². The molecule has 0 radical (unpaired) electrons. The van der Waals surface area contributed by atoms with Gasteiger partial charge in [-0.1, -0.05) is 49.1 Å². The molecule has 140 valence electrons. The Morgan fingerprint density at radius 2 is 1.88 bits per heavy atom. The standard InChI is InChI=1S/C20H25NO4S/c1-15-6-5-7-16(12-15)13-26(23,24)14-18-10-11-19(25-18)20(22)21-17-8-3-2-4-9-17/h5-7,10-12,17H,2-4,8-9,13-14H2,1H3,(H,21,22). The number of furan rings is 1. The number of amides is 1. The number of benzene rings is 1. The van der Waals surface area contributed by atoms with Crippen LogP contribution in [-0.4, -0.2) is 20.4 Å². The van der Waals surface area contributed by atoms with Crippen molar-refractivity contribution < 1.29 is 17.6 Å². The van der Waals surface area contributed by atoms with Gasteiger partial charge in [0.25, 0.3) is 5.91 Å². The van der Waals surface area contributed by atoms with Gasteiger partial charge in [0.15, 0.2) is 15.6 Å². The number of nitrogens with one attached hydrogen (secondary N) is 1. The van der Waals surface area contributed by atoms with Gasteiger partial charge < -0.3 is 9.73 Å². The van der Waals surface area contributed by atoms with E-state index in [9.17, 15) is 13.2 Å². The van der Waals surface area contributed by atoms with Crippen molar-refractivity contribution in [2.45, 2.75) is 56.6 Å². The minimum absolute atomic E-state index is 0.0427. The molecule has 0 spiro atoms. The van der Waals surface area contributed by atoms with E-state index in [-0.39, 0.29) is 29.2 Å². The third kappa shape index (κ3) is 5.21. The average Bonchev–Trinajstić information content (AvgIpc) is 3.03. The molecule has 5 nitrogen and oxygen atoms in total. The van der Waals surface area contributed by atoms with E-state index in [2.05, 4.69) is 5.32 Å². The molecule has 0 bridgehead atoms. The van der Waals surface area contributed by atoms with E-state index < -0.39 is 9.84 Å². The van der Waals surface area contributed by atoms with E-state index in [4.69, 9.17) is 4.42 Å². The van der Waals surface area contributed by atoms with Crippen molar-refractivity contribution in [3.63, 3.8) is 0 Å². The van der Waals surface area contributed by atoms with Crippen LogP contribution in [0.3, 0.4) is 0 Å². The molecule has 6 heteroatoms. The maximum absolute atomic E-state index is 12.4. The van der Waals surface area contributed by atoms with Gasteiger partial charge in [0.2, 0.25) is 0 Å². The number of aryl methyl sites for hydroxylation is 1. The number of sulfone groups is 1. The van der Waals surface area contributed by atoms with Crippen molar-refractivity contribution in [3.8, 4) is 0 Å². The zero-order valence-corrected chi connectivity index (χ0v) is 15.8. The molecule has 1 aromatic heterocycles. The van der Waals surface area contributed by atoms with Crippen LogP contribution in [0.4, 0.5) is 0 Å². The summed E-state index contributed by atoms with van der Waals surface area (Å²) >= 11 is 0.